The normalized spacial score (nSPS) is 9.62. The van der Waals surface area contributed by atoms with E-state index in [1.54, 1.807) is 19.0 Å². The summed E-state index contributed by atoms with van der Waals surface area (Å²) in [5.74, 6) is -0.894. The van der Waals surface area contributed by atoms with Gasteiger partial charge < -0.3 is 14.9 Å². The number of nitrogens with zero attached hydrogens (tertiary/aromatic N) is 2. The second-order valence-electron chi connectivity index (χ2n) is 3.70. The van der Waals surface area contributed by atoms with Gasteiger partial charge in [-0.3, -0.25) is 4.79 Å². The standard InChI is InChI=1S/C11H20N2O3/c1-4-5-6-8-12(2)11(16)13(3)9-7-10(14)15/h4H,1,5-9H2,2-3H3,(H,14,15). The topological polar surface area (TPSA) is 60.9 Å². The van der Waals surface area contributed by atoms with Gasteiger partial charge in [-0.25, -0.2) is 4.79 Å². The van der Waals surface area contributed by atoms with Crippen LogP contribution in [0.25, 0.3) is 0 Å². The maximum atomic E-state index is 11.7. The molecular formula is C11H20N2O3. The van der Waals surface area contributed by atoms with Gasteiger partial charge in [-0.15, -0.1) is 6.58 Å². The number of rotatable bonds is 7. The van der Waals surface area contributed by atoms with Crippen molar-refractivity contribution in [2.45, 2.75) is 19.3 Å². The maximum Gasteiger partial charge on any atom is 0.319 e. The SMILES string of the molecule is C=CCCCN(C)C(=O)N(C)CCC(=O)O. The molecule has 0 aliphatic heterocycles. The lowest BCUT2D eigenvalue weighted by Crippen LogP contribution is -2.40. The predicted molar refractivity (Wildman–Crippen MR) is 62.3 cm³/mol. The molecule has 0 aromatic heterocycles. The Hall–Kier alpha value is -1.52. The maximum absolute atomic E-state index is 11.7. The molecule has 0 aliphatic carbocycles. The quantitative estimate of drug-likeness (QED) is 0.529. The van der Waals surface area contributed by atoms with E-state index in [1.165, 1.54) is 4.90 Å². The first-order valence-corrected chi connectivity index (χ1v) is 5.28. The lowest BCUT2D eigenvalue weighted by Gasteiger charge is -2.24. The number of hydrogen-bond acceptors (Lipinski definition) is 2. The summed E-state index contributed by atoms with van der Waals surface area (Å²) in [6.45, 7) is 4.50. The average molecular weight is 228 g/mol. The molecule has 0 rings (SSSR count). The van der Waals surface area contributed by atoms with E-state index < -0.39 is 5.97 Å². The largest absolute Gasteiger partial charge is 0.481 e. The number of unbranched alkanes of at least 4 members (excludes halogenated alkanes) is 1. The van der Waals surface area contributed by atoms with Crippen LogP contribution in [0, 0.1) is 0 Å². The number of carboxylic acid groups (broad SMARTS) is 1. The Bertz CT molecular complexity index is 254. The smallest absolute Gasteiger partial charge is 0.319 e. The second kappa shape index (κ2) is 7.73. The molecule has 0 unspecified atom stereocenters. The molecular weight excluding hydrogens is 208 g/mol. The summed E-state index contributed by atoms with van der Waals surface area (Å²) in [6.07, 6.45) is 3.53. The fraction of sp³-hybridized carbons (Fsp3) is 0.636. The summed E-state index contributed by atoms with van der Waals surface area (Å²) in [4.78, 5) is 25.0. The Balaban J connectivity index is 3.91. The molecule has 0 atom stereocenters. The highest BCUT2D eigenvalue weighted by Gasteiger charge is 2.14. The van der Waals surface area contributed by atoms with Crippen LogP contribution >= 0.6 is 0 Å². The minimum absolute atomic E-state index is 0.0251. The Morgan fingerprint density at radius 2 is 1.81 bits per heavy atom. The second-order valence-corrected chi connectivity index (χ2v) is 3.70. The van der Waals surface area contributed by atoms with Crippen molar-refractivity contribution >= 4 is 12.0 Å². The Kier molecular flexibility index (Phi) is 7.00. The van der Waals surface area contributed by atoms with Gasteiger partial charge in [0.1, 0.15) is 0 Å². The number of carboxylic acids is 1. The van der Waals surface area contributed by atoms with E-state index in [2.05, 4.69) is 6.58 Å². The lowest BCUT2D eigenvalue weighted by atomic mass is 10.3. The lowest BCUT2D eigenvalue weighted by molar-refractivity contribution is -0.137. The van der Waals surface area contributed by atoms with Crippen molar-refractivity contribution in [3.8, 4) is 0 Å². The van der Waals surface area contributed by atoms with Crippen LogP contribution in [0.15, 0.2) is 12.7 Å². The third kappa shape index (κ3) is 6.06. The Morgan fingerprint density at radius 1 is 1.25 bits per heavy atom. The van der Waals surface area contributed by atoms with E-state index in [0.29, 0.717) is 6.54 Å². The summed E-state index contributed by atoms with van der Waals surface area (Å²) in [6, 6.07) is -0.148. The average Bonchev–Trinajstić information content (AvgIpc) is 2.24. The zero-order valence-corrected chi connectivity index (χ0v) is 9.98. The van der Waals surface area contributed by atoms with Gasteiger partial charge in [0.05, 0.1) is 6.42 Å². The highest BCUT2D eigenvalue weighted by atomic mass is 16.4. The summed E-state index contributed by atoms with van der Waals surface area (Å²) in [5, 5.41) is 8.49. The third-order valence-corrected chi connectivity index (χ3v) is 2.22. The van der Waals surface area contributed by atoms with Gasteiger partial charge in [0, 0.05) is 27.2 Å². The minimum atomic E-state index is -0.894. The van der Waals surface area contributed by atoms with E-state index in [1.807, 2.05) is 6.08 Å². The number of hydrogen-bond donors (Lipinski definition) is 1. The fourth-order valence-corrected chi connectivity index (χ4v) is 1.22. The molecule has 1 N–H and O–H groups in total. The Morgan fingerprint density at radius 3 is 2.31 bits per heavy atom. The van der Waals surface area contributed by atoms with Gasteiger partial charge >= 0.3 is 12.0 Å². The zero-order valence-electron chi connectivity index (χ0n) is 9.98. The molecule has 0 aliphatic rings. The zero-order chi connectivity index (χ0) is 12.6. The van der Waals surface area contributed by atoms with E-state index in [9.17, 15) is 9.59 Å². The number of carbonyl (C=O) groups excluding carboxylic acids is 1. The summed E-state index contributed by atoms with van der Waals surface area (Å²) in [5.41, 5.74) is 0. The van der Waals surface area contributed by atoms with Gasteiger partial charge in [0.25, 0.3) is 0 Å². The van der Waals surface area contributed by atoms with Crippen LogP contribution in [0.5, 0.6) is 0 Å². The number of amides is 2. The van der Waals surface area contributed by atoms with Gasteiger partial charge in [-0.05, 0) is 12.8 Å². The summed E-state index contributed by atoms with van der Waals surface area (Å²) < 4.78 is 0. The molecule has 0 radical (unpaired) electrons. The third-order valence-electron chi connectivity index (χ3n) is 2.22. The van der Waals surface area contributed by atoms with Gasteiger partial charge in [0.15, 0.2) is 0 Å². The van der Waals surface area contributed by atoms with Crippen molar-refractivity contribution in [1.29, 1.82) is 0 Å². The summed E-state index contributed by atoms with van der Waals surface area (Å²) >= 11 is 0. The van der Waals surface area contributed by atoms with Gasteiger partial charge in [-0.1, -0.05) is 6.08 Å². The number of allylic oxidation sites excluding steroid dienone is 1. The molecule has 0 aromatic rings. The van der Waals surface area contributed by atoms with Crippen LogP contribution in [0.2, 0.25) is 0 Å². The molecule has 92 valence electrons. The van der Waals surface area contributed by atoms with Crippen molar-refractivity contribution in [3.05, 3.63) is 12.7 Å². The van der Waals surface area contributed by atoms with Crippen molar-refractivity contribution in [1.82, 2.24) is 9.80 Å². The molecule has 0 aromatic carbocycles. The summed E-state index contributed by atoms with van der Waals surface area (Å²) in [7, 11) is 3.32. The van der Waals surface area contributed by atoms with E-state index in [0.717, 1.165) is 12.8 Å². The van der Waals surface area contributed by atoms with Crippen LogP contribution in [-0.2, 0) is 4.79 Å². The van der Waals surface area contributed by atoms with Gasteiger partial charge in [-0.2, -0.15) is 0 Å². The molecule has 0 saturated heterocycles. The van der Waals surface area contributed by atoms with Crippen LogP contribution in [0.4, 0.5) is 4.79 Å². The van der Waals surface area contributed by atoms with Crippen molar-refractivity contribution in [3.63, 3.8) is 0 Å². The molecule has 0 saturated carbocycles. The van der Waals surface area contributed by atoms with Crippen LogP contribution in [0.1, 0.15) is 19.3 Å². The van der Waals surface area contributed by atoms with E-state index in [4.69, 9.17) is 5.11 Å². The molecule has 5 nitrogen and oxygen atoms in total. The predicted octanol–water partition coefficient (Wildman–Crippen LogP) is 1.41. The first kappa shape index (κ1) is 14.5. The monoisotopic (exact) mass is 228 g/mol. The van der Waals surface area contributed by atoms with Crippen LogP contribution in [-0.4, -0.2) is 54.1 Å². The molecule has 0 heterocycles. The van der Waals surface area contributed by atoms with Crippen LogP contribution in [0.3, 0.4) is 0 Å². The van der Waals surface area contributed by atoms with E-state index >= 15 is 0 Å². The first-order chi connectivity index (χ1) is 7.49. The minimum Gasteiger partial charge on any atom is -0.481 e. The van der Waals surface area contributed by atoms with Crippen LogP contribution < -0.4 is 0 Å². The number of urea groups is 1. The highest BCUT2D eigenvalue weighted by molar-refractivity contribution is 5.74. The number of aliphatic carboxylic acids is 1. The van der Waals surface area contributed by atoms with Crippen molar-refractivity contribution in [2.24, 2.45) is 0 Å². The molecule has 0 bridgehead atoms. The van der Waals surface area contributed by atoms with Crippen molar-refractivity contribution < 1.29 is 14.7 Å². The molecule has 5 heteroatoms. The highest BCUT2D eigenvalue weighted by Crippen LogP contribution is 1.99. The molecule has 16 heavy (non-hydrogen) atoms. The Labute approximate surface area is 96.3 Å². The first-order valence-electron chi connectivity index (χ1n) is 5.28. The molecule has 2 amide bonds. The van der Waals surface area contributed by atoms with Crippen molar-refractivity contribution in [2.75, 3.05) is 27.2 Å². The van der Waals surface area contributed by atoms with E-state index in [-0.39, 0.29) is 19.0 Å². The fourth-order valence-electron chi connectivity index (χ4n) is 1.22. The number of carbonyl (C=O) groups is 2. The van der Waals surface area contributed by atoms with Gasteiger partial charge in [0.2, 0.25) is 0 Å². The molecule has 0 fully saturated rings. The molecule has 0 spiro atoms.